The molecule has 1 aromatic rings. The molecule has 1 aliphatic carbocycles. The highest BCUT2D eigenvalue weighted by Gasteiger charge is 2.23. The molecule has 6 heteroatoms. The summed E-state index contributed by atoms with van der Waals surface area (Å²) < 4.78 is 0. The zero-order chi connectivity index (χ0) is 14.5. The van der Waals surface area contributed by atoms with Crippen molar-refractivity contribution in [2.75, 3.05) is 13.1 Å². The Balaban J connectivity index is 2.06. The number of hydrogen-bond acceptors (Lipinski definition) is 4. The highest BCUT2D eigenvalue weighted by atomic mass is 16.4. The topological polar surface area (TPSA) is 91.8 Å². The van der Waals surface area contributed by atoms with Gasteiger partial charge in [0.25, 0.3) is 5.91 Å². The molecule has 0 bridgehead atoms. The number of nitrogens with zero attached hydrogens (tertiary/aromatic N) is 3. The van der Waals surface area contributed by atoms with Crippen LogP contribution in [0.25, 0.3) is 0 Å². The van der Waals surface area contributed by atoms with E-state index in [2.05, 4.69) is 10.1 Å². The van der Waals surface area contributed by atoms with Crippen molar-refractivity contribution in [1.29, 1.82) is 0 Å². The fourth-order valence-corrected chi connectivity index (χ4v) is 2.23. The highest BCUT2D eigenvalue weighted by molar-refractivity contribution is 5.98. The first-order valence-corrected chi connectivity index (χ1v) is 6.89. The molecule has 1 saturated carbocycles. The molecule has 20 heavy (non-hydrogen) atoms. The second kappa shape index (κ2) is 6.36. The van der Waals surface area contributed by atoms with Gasteiger partial charge in [0.05, 0.1) is 0 Å². The summed E-state index contributed by atoms with van der Waals surface area (Å²) in [7, 11) is 0. The summed E-state index contributed by atoms with van der Waals surface area (Å²) >= 11 is 0. The standard InChI is InChI=1S/C14H20N4O2/c1-2-18(9-10-4-3-5-10)14(19)12-7-6-11(8-16-12)13(15)17-20/h6-8,10,20H,2-5,9H2,1H3,(H2,15,17). The van der Waals surface area contributed by atoms with Crippen LogP contribution in [-0.2, 0) is 0 Å². The van der Waals surface area contributed by atoms with Gasteiger partial charge in [-0.1, -0.05) is 11.6 Å². The van der Waals surface area contributed by atoms with Crippen molar-refractivity contribution in [3.05, 3.63) is 29.6 Å². The Kier molecular flexibility index (Phi) is 4.55. The molecule has 1 aliphatic rings. The van der Waals surface area contributed by atoms with Gasteiger partial charge in [-0.2, -0.15) is 0 Å². The molecule has 2 rings (SSSR count). The second-order valence-corrected chi connectivity index (χ2v) is 5.06. The number of aromatic nitrogens is 1. The number of nitrogens with two attached hydrogens (primary N) is 1. The van der Waals surface area contributed by atoms with Crippen molar-refractivity contribution < 1.29 is 10.0 Å². The van der Waals surface area contributed by atoms with Crippen LogP contribution in [0.4, 0.5) is 0 Å². The molecule has 0 aliphatic heterocycles. The van der Waals surface area contributed by atoms with E-state index in [4.69, 9.17) is 10.9 Å². The fourth-order valence-electron chi connectivity index (χ4n) is 2.23. The molecule has 0 saturated heterocycles. The average molecular weight is 276 g/mol. The molecular formula is C14H20N4O2. The minimum atomic E-state index is -0.0644. The van der Waals surface area contributed by atoms with Crippen LogP contribution in [0.1, 0.15) is 42.2 Å². The minimum Gasteiger partial charge on any atom is -0.409 e. The SMILES string of the molecule is CCN(CC1CCC1)C(=O)c1ccc(/C(N)=N/O)cn1. The lowest BCUT2D eigenvalue weighted by atomic mass is 9.85. The van der Waals surface area contributed by atoms with Gasteiger partial charge in [0.15, 0.2) is 5.84 Å². The van der Waals surface area contributed by atoms with Crippen molar-refractivity contribution >= 4 is 11.7 Å². The first kappa shape index (κ1) is 14.3. The van der Waals surface area contributed by atoms with E-state index in [1.54, 1.807) is 12.1 Å². The Morgan fingerprint density at radius 3 is 2.75 bits per heavy atom. The zero-order valence-corrected chi connectivity index (χ0v) is 11.6. The summed E-state index contributed by atoms with van der Waals surface area (Å²) in [6, 6.07) is 3.24. The summed E-state index contributed by atoms with van der Waals surface area (Å²) in [5.74, 6) is 0.555. The predicted octanol–water partition coefficient (Wildman–Crippen LogP) is 1.44. The summed E-state index contributed by atoms with van der Waals surface area (Å²) in [6.07, 6.45) is 5.13. The van der Waals surface area contributed by atoms with Crippen LogP contribution in [0.5, 0.6) is 0 Å². The number of rotatable bonds is 5. The van der Waals surface area contributed by atoms with Gasteiger partial charge < -0.3 is 15.8 Å². The van der Waals surface area contributed by atoms with Gasteiger partial charge in [-0.3, -0.25) is 9.78 Å². The summed E-state index contributed by atoms with van der Waals surface area (Å²) in [5.41, 5.74) is 6.34. The molecule has 1 fully saturated rings. The summed E-state index contributed by atoms with van der Waals surface area (Å²) in [6.45, 7) is 3.46. The maximum absolute atomic E-state index is 12.4. The van der Waals surface area contributed by atoms with Crippen molar-refractivity contribution in [2.24, 2.45) is 16.8 Å². The average Bonchev–Trinajstić information content (AvgIpc) is 2.45. The van der Waals surface area contributed by atoms with Gasteiger partial charge >= 0.3 is 0 Å². The van der Waals surface area contributed by atoms with Crippen molar-refractivity contribution in [3.63, 3.8) is 0 Å². The van der Waals surface area contributed by atoms with Crippen molar-refractivity contribution in [2.45, 2.75) is 26.2 Å². The van der Waals surface area contributed by atoms with Crippen LogP contribution in [0.3, 0.4) is 0 Å². The van der Waals surface area contributed by atoms with Gasteiger partial charge in [0.2, 0.25) is 0 Å². The minimum absolute atomic E-state index is 0.0154. The molecule has 0 aromatic carbocycles. The zero-order valence-electron chi connectivity index (χ0n) is 11.6. The third-order valence-electron chi connectivity index (χ3n) is 3.76. The number of carbonyl (C=O) groups excluding carboxylic acids is 1. The predicted molar refractivity (Wildman–Crippen MR) is 75.7 cm³/mol. The Morgan fingerprint density at radius 1 is 1.55 bits per heavy atom. The Labute approximate surface area is 118 Å². The van der Waals surface area contributed by atoms with E-state index in [1.165, 1.54) is 25.5 Å². The molecule has 6 nitrogen and oxygen atoms in total. The lowest BCUT2D eigenvalue weighted by Gasteiger charge is -2.31. The molecule has 0 unspecified atom stereocenters. The Hall–Kier alpha value is -2.11. The summed E-state index contributed by atoms with van der Waals surface area (Å²) in [4.78, 5) is 18.3. The molecule has 1 heterocycles. The molecule has 0 spiro atoms. The number of oxime groups is 1. The molecule has 1 amide bonds. The van der Waals surface area contributed by atoms with E-state index in [0.717, 1.165) is 6.54 Å². The smallest absolute Gasteiger partial charge is 0.272 e. The number of hydrogen-bond donors (Lipinski definition) is 2. The van der Waals surface area contributed by atoms with E-state index < -0.39 is 0 Å². The number of amides is 1. The largest absolute Gasteiger partial charge is 0.409 e. The summed E-state index contributed by atoms with van der Waals surface area (Å²) in [5, 5.41) is 11.5. The number of amidine groups is 1. The van der Waals surface area contributed by atoms with Crippen molar-refractivity contribution in [3.8, 4) is 0 Å². The van der Waals surface area contributed by atoms with E-state index in [9.17, 15) is 4.79 Å². The molecule has 1 aromatic heterocycles. The lowest BCUT2D eigenvalue weighted by Crippen LogP contribution is -2.37. The van der Waals surface area contributed by atoms with E-state index >= 15 is 0 Å². The molecular weight excluding hydrogens is 256 g/mol. The highest BCUT2D eigenvalue weighted by Crippen LogP contribution is 2.27. The molecule has 3 N–H and O–H groups in total. The molecule has 0 radical (unpaired) electrons. The first-order valence-electron chi connectivity index (χ1n) is 6.89. The Morgan fingerprint density at radius 2 is 2.30 bits per heavy atom. The maximum Gasteiger partial charge on any atom is 0.272 e. The van der Waals surface area contributed by atoms with Crippen LogP contribution in [-0.4, -0.2) is 39.9 Å². The lowest BCUT2D eigenvalue weighted by molar-refractivity contribution is 0.0700. The number of carbonyl (C=O) groups is 1. The van der Waals surface area contributed by atoms with Crippen LogP contribution in [0.2, 0.25) is 0 Å². The van der Waals surface area contributed by atoms with Gasteiger partial charge in [-0.25, -0.2) is 0 Å². The monoisotopic (exact) mass is 276 g/mol. The van der Waals surface area contributed by atoms with Gasteiger partial charge in [-0.05, 0) is 37.8 Å². The van der Waals surface area contributed by atoms with Crippen LogP contribution in [0.15, 0.2) is 23.5 Å². The molecule has 0 atom stereocenters. The van der Waals surface area contributed by atoms with Crippen LogP contribution < -0.4 is 5.73 Å². The van der Waals surface area contributed by atoms with E-state index in [0.29, 0.717) is 23.7 Å². The van der Waals surface area contributed by atoms with Crippen LogP contribution in [0, 0.1) is 5.92 Å². The normalized spacial score (nSPS) is 15.8. The third-order valence-corrected chi connectivity index (χ3v) is 3.76. The van der Waals surface area contributed by atoms with Crippen LogP contribution >= 0.6 is 0 Å². The van der Waals surface area contributed by atoms with Gasteiger partial charge in [0, 0.05) is 24.8 Å². The Bertz CT molecular complexity index is 494. The van der Waals surface area contributed by atoms with Gasteiger partial charge in [0.1, 0.15) is 5.69 Å². The number of pyridine rings is 1. The van der Waals surface area contributed by atoms with Gasteiger partial charge in [-0.15, -0.1) is 0 Å². The van der Waals surface area contributed by atoms with Crippen molar-refractivity contribution in [1.82, 2.24) is 9.88 Å². The second-order valence-electron chi connectivity index (χ2n) is 5.06. The third kappa shape index (κ3) is 3.07. The maximum atomic E-state index is 12.4. The first-order chi connectivity index (χ1) is 9.65. The quantitative estimate of drug-likeness (QED) is 0.368. The molecule has 108 valence electrons. The van der Waals surface area contributed by atoms with E-state index in [-0.39, 0.29) is 11.7 Å². The van der Waals surface area contributed by atoms with E-state index in [1.807, 2.05) is 11.8 Å². The fraction of sp³-hybridized carbons (Fsp3) is 0.500.